The second kappa shape index (κ2) is 7.27. The molecule has 27 heavy (non-hydrogen) atoms. The van der Waals surface area contributed by atoms with Gasteiger partial charge in [0.15, 0.2) is 0 Å². The third kappa shape index (κ3) is 4.19. The molecule has 0 unspecified atom stereocenters. The molecule has 3 aromatic rings. The lowest BCUT2D eigenvalue weighted by atomic mass is 9.86. The van der Waals surface area contributed by atoms with Crippen LogP contribution in [0.5, 0.6) is 0 Å². The summed E-state index contributed by atoms with van der Waals surface area (Å²) in [4.78, 5) is 27.7. The molecule has 0 aliphatic carbocycles. The Kier molecular flexibility index (Phi) is 5.04. The number of amides is 2. The van der Waals surface area contributed by atoms with Gasteiger partial charge in [-0.25, -0.2) is 0 Å². The number of aromatic amines is 1. The summed E-state index contributed by atoms with van der Waals surface area (Å²) in [5.74, 6) is -0.862. The fraction of sp³-hybridized carbons (Fsp3) is 0.273. The van der Waals surface area contributed by atoms with Crippen molar-refractivity contribution in [1.29, 1.82) is 0 Å². The second-order valence-corrected chi connectivity index (χ2v) is 7.82. The topological polar surface area (TPSA) is 88.0 Å². The monoisotopic (exact) mass is 363 g/mol. The minimum absolute atomic E-state index is 0.0140. The first kappa shape index (κ1) is 18.7. The van der Waals surface area contributed by atoms with E-state index in [2.05, 4.69) is 31.1 Å². The molecular weight excluding hydrogens is 338 g/mol. The van der Waals surface area contributed by atoms with Gasteiger partial charge in [0.1, 0.15) is 6.04 Å². The molecule has 0 aliphatic rings. The maximum absolute atomic E-state index is 12.6. The van der Waals surface area contributed by atoms with Crippen LogP contribution in [0, 0.1) is 0 Å². The molecule has 2 amide bonds. The molecule has 1 atom stereocenters. The molecule has 0 fully saturated rings. The van der Waals surface area contributed by atoms with E-state index >= 15 is 0 Å². The molecule has 3 rings (SSSR count). The van der Waals surface area contributed by atoms with Crippen LogP contribution in [0.4, 0.5) is 0 Å². The highest BCUT2D eigenvalue weighted by molar-refractivity contribution is 5.97. The van der Waals surface area contributed by atoms with Gasteiger partial charge in [0.05, 0.1) is 0 Å². The van der Waals surface area contributed by atoms with Crippen molar-refractivity contribution >= 4 is 22.7 Å². The molecule has 1 aromatic heterocycles. The van der Waals surface area contributed by atoms with Crippen LogP contribution >= 0.6 is 0 Å². The Morgan fingerprint density at radius 2 is 1.74 bits per heavy atom. The Balaban J connectivity index is 1.76. The maximum atomic E-state index is 12.6. The summed E-state index contributed by atoms with van der Waals surface area (Å²) in [6, 6.07) is 14.5. The van der Waals surface area contributed by atoms with Crippen molar-refractivity contribution in [1.82, 2.24) is 10.3 Å². The van der Waals surface area contributed by atoms with Crippen LogP contribution in [0.3, 0.4) is 0 Å². The van der Waals surface area contributed by atoms with Gasteiger partial charge in [-0.15, -0.1) is 0 Å². The number of para-hydroxylation sites is 1. The lowest BCUT2D eigenvalue weighted by Crippen LogP contribution is -2.45. The number of hydrogen-bond donors (Lipinski definition) is 3. The quantitative estimate of drug-likeness (QED) is 0.649. The fourth-order valence-electron chi connectivity index (χ4n) is 3.11. The van der Waals surface area contributed by atoms with E-state index in [4.69, 9.17) is 5.73 Å². The lowest BCUT2D eigenvalue weighted by Gasteiger charge is -2.19. The number of carbonyl (C=O) groups excluding carboxylic acids is 2. The number of aromatic nitrogens is 1. The van der Waals surface area contributed by atoms with Crippen molar-refractivity contribution in [2.75, 3.05) is 0 Å². The molecule has 0 aliphatic heterocycles. The summed E-state index contributed by atoms with van der Waals surface area (Å²) in [5, 5.41) is 3.79. The van der Waals surface area contributed by atoms with Crippen LogP contribution in [-0.2, 0) is 16.6 Å². The van der Waals surface area contributed by atoms with E-state index in [1.807, 2.05) is 42.6 Å². The summed E-state index contributed by atoms with van der Waals surface area (Å²) in [7, 11) is 0. The third-order valence-electron chi connectivity index (χ3n) is 4.76. The highest BCUT2D eigenvalue weighted by Gasteiger charge is 2.21. The van der Waals surface area contributed by atoms with E-state index in [0.29, 0.717) is 12.0 Å². The predicted molar refractivity (Wildman–Crippen MR) is 108 cm³/mol. The van der Waals surface area contributed by atoms with Gasteiger partial charge in [0.2, 0.25) is 5.91 Å². The average molecular weight is 363 g/mol. The van der Waals surface area contributed by atoms with Gasteiger partial charge in [-0.2, -0.15) is 0 Å². The van der Waals surface area contributed by atoms with E-state index in [-0.39, 0.29) is 11.3 Å². The summed E-state index contributed by atoms with van der Waals surface area (Å²) >= 11 is 0. The number of rotatable bonds is 5. The Bertz CT molecular complexity index is 965. The van der Waals surface area contributed by atoms with Crippen LogP contribution < -0.4 is 11.1 Å². The Hall–Kier alpha value is -3.08. The van der Waals surface area contributed by atoms with Gasteiger partial charge in [0.25, 0.3) is 5.91 Å². The molecule has 0 radical (unpaired) electrons. The van der Waals surface area contributed by atoms with E-state index in [1.54, 1.807) is 12.1 Å². The second-order valence-electron chi connectivity index (χ2n) is 7.82. The molecule has 140 valence electrons. The van der Waals surface area contributed by atoms with E-state index in [0.717, 1.165) is 22.0 Å². The van der Waals surface area contributed by atoms with Crippen LogP contribution in [0.15, 0.2) is 54.7 Å². The van der Waals surface area contributed by atoms with Gasteiger partial charge < -0.3 is 16.0 Å². The number of nitrogens with two attached hydrogens (primary N) is 1. The smallest absolute Gasteiger partial charge is 0.251 e. The number of hydrogen-bond acceptors (Lipinski definition) is 2. The molecule has 5 heteroatoms. The molecule has 0 saturated heterocycles. The Morgan fingerprint density at radius 1 is 1.07 bits per heavy atom. The van der Waals surface area contributed by atoms with Crippen LogP contribution in [0.2, 0.25) is 0 Å². The highest BCUT2D eigenvalue weighted by Crippen LogP contribution is 2.22. The zero-order chi connectivity index (χ0) is 19.6. The average Bonchev–Trinajstić information content (AvgIpc) is 3.03. The van der Waals surface area contributed by atoms with Gasteiger partial charge in [-0.05, 0) is 34.7 Å². The van der Waals surface area contributed by atoms with Crippen molar-refractivity contribution in [2.45, 2.75) is 38.6 Å². The third-order valence-corrected chi connectivity index (χ3v) is 4.76. The van der Waals surface area contributed by atoms with E-state index in [1.165, 1.54) is 0 Å². The fourth-order valence-corrected chi connectivity index (χ4v) is 3.11. The summed E-state index contributed by atoms with van der Waals surface area (Å²) in [6.45, 7) is 6.35. The maximum Gasteiger partial charge on any atom is 0.251 e. The van der Waals surface area contributed by atoms with E-state index < -0.39 is 11.9 Å². The zero-order valence-electron chi connectivity index (χ0n) is 15.9. The zero-order valence-corrected chi connectivity index (χ0v) is 15.9. The van der Waals surface area contributed by atoms with Gasteiger partial charge in [-0.3, -0.25) is 9.59 Å². The largest absolute Gasteiger partial charge is 0.368 e. The first-order chi connectivity index (χ1) is 12.8. The molecule has 2 aromatic carbocycles. The SMILES string of the molecule is CC(C)(C)c1ccc(C(=O)N[C@@H](Cc2c[nH]c3ccccc23)C(N)=O)cc1. The number of nitrogens with one attached hydrogen (secondary N) is 2. The molecule has 1 heterocycles. The Labute approximate surface area is 159 Å². The minimum atomic E-state index is -0.779. The summed E-state index contributed by atoms with van der Waals surface area (Å²) in [5.41, 5.74) is 9.13. The molecule has 4 N–H and O–H groups in total. The number of benzene rings is 2. The van der Waals surface area contributed by atoms with Gasteiger partial charge >= 0.3 is 0 Å². The van der Waals surface area contributed by atoms with Crippen LogP contribution in [0.25, 0.3) is 10.9 Å². The van der Waals surface area contributed by atoms with Crippen LogP contribution in [0.1, 0.15) is 42.3 Å². The molecule has 0 spiro atoms. The number of carbonyl (C=O) groups is 2. The van der Waals surface area contributed by atoms with E-state index in [9.17, 15) is 9.59 Å². The van der Waals surface area contributed by atoms with Crippen molar-refractivity contribution in [3.8, 4) is 0 Å². The number of H-pyrrole nitrogens is 1. The van der Waals surface area contributed by atoms with Crippen molar-refractivity contribution in [3.63, 3.8) is 0 Å². The van der Waals surface area contributed by atoms with Gasteiger partial charge in [-0.1, -0.05) is 51.1 Å². The van der Waals surface area contributed by atoms with Crippen molar-refractivity contribution in [3.05, 3.63) is 71.4 Å². The summed E-state index contributed by atoms with van der Waals surface area (Å²) in [6.07, 6.45) is 2.19. The highest BCUT2D eigenvalue weighted by atomic mass is 16.2. The standard InChI is InChI=1S/C22H25N3O2/c1-22(2,3)16-10-8-14(9-11-16)21(27)25-19(20(23)26)12-15-13-24-18-7-5-4-6-17(15)18/h4-11,13,19,24H,12H2,1-3H3,(H2,23,26)(H,25,27)/t19-/m0/s1. The lowest BCUT2D eigenvalue weighted by molar-refractivity contribution is -0.119. The van der Waals surface area contributed by atoms with Gasteiger partial charge in [0, 0.05) is 29.1 Å². The van der Waals surface area contributed by atoms with Crippen molar-refractivity contribution < 1.29 is 9.59 Å². The normalized spacial score (nSPS) is 12.7. The first-order valence-corrected chi connectivity index (χ1v) is 9.01. The molecule has 0 saturated carbocycles. The molecular formula is C22H25N3O2. The minimum Gasteiger partial charge on any atom is -0.368 e. The van der Waals surface area contributed by atoms with Crippen LogP contribution in [-0.4, -0.2) is 22.8 Å². The number of primary amides is 1. The Morgan fingerprint density at radius 3 is 2.37 bits per heavy atom. The number of fused-ring (bicyclic) bond motifs is 1. The predicted octanol–water partition coefficient (Wildman–Crippen LogP) is 3.29. The summed E-state index contributed by atoms with van der Waals surface area (Å²) < 4.78 is 0. The first-order valence-electron chi connectivity index (χ1n) is 9.01. The van der Waals surface area contributed by atoms with Crippen molar-refractivity contribution in [2.24, 2.45) is 5.73 Å². The molecule has 5 nitrogen and oxygen atoms in total. The molecule has 0 bridgehead atoms.